The van der Waals surface area contributed by atoms with Crippen LogP contribution in [0.3, 0.4) is 0 Å². The van der Waals surface area contributed by atoms with Gasteiger partial charge >= 0.3 is 0 Å². The third-order valence-corrected chi connectivity index (χ3v) is 7.34. The fourth-order valence-corrected chi connectivity index (χ4v) is 5.34. The van der Waals surface area contributed by atoms with Gasteiger partial charge in [-0.2, -0.15) is 4.98 Å². The third-order valence-electron chi connectivity index (χ3n) is 5.65. The highest BCUT2D eigenvalue weighted by molar-refractivity contribution is 8.26. The summed E-state index contributed by atoms with van der Waals surface area (Å²) in [4.78, 5) is 33.1. The van der Waals surface area contributed by atoms with Crippen molar-refractivity contribution in [3.63, 3.8) is 0 Å². The maximum Gasteiger partial charge on any atom is 0.269 e. The van der Waals surface area contributed by atoms with Gasteiger partial charge in [-0.25, -0.2) is 0 Å². The van der Waals surface area contributed by atoms with Gasteiger partial charge in [0.05, 0.1) is 22.6 Å². The molecule has 5 rings (SSSR count). The Labute approximate surface area is 210 Å². The number of pyridine rings is 1. The van der Waals surface area contributed by atoms with Gasteiger partial charge in [-0.3, -0.25) is 18.9 Å². The van der Waals surface area contributed by atoms with Crippen molar-refractivity contribution < 1.29 is 14.3 Å². The van der Waals surface area contributed by atoms with Crippen LogP contribution in [0.25, 0.3) is 11.7 Å². The Balaban J connectivity index is 1.59. The Morgan fingerprint density at radius 3 is 2.88 bits per heavy atom. The van der Waals surface area contributed by atoms with Crippen LogP contribution in [0.15, 0.2) is 52.3 Å². The van der Waals surface area contributed by atoms with Gasteiger partial charge in [-0.05, 0) is 49.6 Å². The van der Waals surface area contributed by atoms with E-state index in [9.17, 15) is 9.59 Å². The van der Waals surface area contributed by atoms with Crippen LogP contribution in [0.1, 0.15) is 24.0 Å². The average molecular weight is 514 g/mol. The first-order valence-corrected chi connectivity index (χ1v) is 12.3. The van der Waals surface area contributed by atoms with E-state index in [1.54, 1.807) is 36.5 Å². The topological polar surface area (TPSA) is 73.1 Å². The number of aromatic nitrogens is 2. The minimum Gasteiger partial charge on any atom is -0.437 e. The van der Waals surface area contributed by atoms with Gasteiger partial charge in [0, 0.05) is 12.8 Å². The highest BCUT2D eigenvalue weighted by atomic mass is 35.5. The molecule has 34 heavy (non-hydrogen) atoms. The van der Waals surface area contributed by atoms with Crippen molar-refractivity contribution in [1.29, 1.82) is 0 Å². The molecule has 1 amide bonds. The zero-order valence-corrected chi connectivity index (χ0v) is 20.6. The quantitative estimate of drug-likeness (QED) is 0.357. The minimum absolute atomic E-state index is 0.0306. The van der Waals surface area contributed by atoms with Gasteiger partial charge in [0.2, 0.25) is 5.88 Å². The van der Waals surface area contributed by atoms with Gasteiger partial charge < -0.3 is 9.47 Å². The van der Waals surface area contributed by atoms with E-state index in [0.717, 1.165) is 30.2 Å². The molecule has 2 aliphatic rings. The summed E-state index contributed by atoms with van der Waals surface area (Å²) in [7, 11) is 0. The van der Waals surface area contributed by atoms with Gasteiger partial charge in [0.1, 0.15) is 21.3 Å². The van der Waals surface area contributed by atoms with E-state index < -0.39 is 0 Å². The lowest BCUT2D eigenvalue weighted by atomic mass is 10.2. The smallest absolute Gasteiger partial charge is 0.269 e. The normalized spacial score (nSPS) is 19.5. The molecular weight excluding hydrogens is 494 g/mol. The number of fused-ring (bicyclic) bond motifs is 1. The van der Waals surface area contributed by atoms with E-state index in [2.05, 4.69) is 4.98 Å². The molecule has 3 aromatic rings. The molecule has 174 valence electrons. The number of thiocarbonyl (C=S) groups is 1. The summed E-state index contributed by atoms with van der Waals surface area (Å²) in [6.07, 6.45) is 4.97. The van der Waals surface area contributed by atoms with Crippen molar-refractivity contribution >= 4 is 57.5 Å². The van der Waals surface area contributed by atoms with E-state index in [4.69, 9.17) is 33.3 Å². The fraction of sp³-hybridized carbons (Fsp3) is 0.250. The number of benzene rings is 1. The zero-order valence-electron chi connectivity index (χ0n) is 18.2. The number of aryl methyl sites for hydroxylation is 1. The minimum atomic E-state index is -0.361. The SMILES string of the molecule is Cc1cccn2c(=O)c(/C=C3/SC(=S)N(CC4CCCO4)C3=O)c(Oc3ccccc3Cl)nc12. The summed E-state index contributed by atoms with van der Waals surface area (Å²) in [5.74, 6) is 0.161. The molecule has 0 bridgehead atoms. The molecule has 1 atom stereocenters. The molecule has 2 fully saturated rings. The lowest BCUT2D eigenvalue weighted by Gasteiger charge is -2.18. The molecule has 4 heterocycles. The second-order valence-electron chi connectivity index (χ2n) is 7.98. The zero-order chi connectivity index (χ0) is 23.8. The van der Waals surface area contributed by atoms with Gasteiger partial charge in [0.25, 0.3) is 11.5 Å². The Kier molecular flexibility index (Phi) is 6.44. The van der Waals surface area contributed by atoms with Crippen molar-refractivity contribution in [3.8, 4) is 11.6 Å². The van der Waals surface area contributed by atoms with Gasteiger partial charge in [-0.1, -0.05) is 53.8 Å². The van der Waals surface area contributed by atoms with Gasteiger partial charge in [-0.15, -0.1) is 0 Å². The summed E-state index contributed by atoms with van der Waals surface area (Å²) in [6.45, 7) is 2.95. The average Bonchev–Trinajstić information content (AvgIpc) is 3.42. The molecule has 2 aromatic heterocycles. The van der Waals surface area contributed by atoms with Crippen LogP contribution in [-0.2, 0) is 9.53 Å². The van der Waals surface area contributed by atoms with Crippen LogP contribution < -0.4 is 10.3 Å². The Morgan fingerprint density at radius 1 is 1.29 bits per heavy atom. The Bertz CT molecular complexity index is 1400. The van der Waals surface area contributed by atoms with Crippen molar-refractivity contribution in [2.24, 2.45) is 0 Å². The van der Waals surface area contributed by atoms with Crippen LogP contribution in [0, 0.1) is 6.92 Å². The van der Waals surface area contributed by atoms with Gasteiger partial charge in [0.15, 0.2) is 0 Å². The number of para-hydroxylation sites is 1. The summed E-state index contributed by atoms with van der Waals surface area (Å²) in [6, 6.07) is 10.6. The second kappa shape index (κ2) is 9.50. The fourth-order valence-electron chi connectivity index (χ4n) is 3.91. The molecule has 2 saturated heterocycles. The first kappa shape index (κ1) is 23.0. The number of amides is 1. The number of hydrogen-bond donors (Lipinski definition) is 0. The number of thioether (sulfide) groups is 1. The largest absolute Gasteiger partial charge is 0.437 e. The molecule has 0 N–H and O–H groups in total. The number of nitrogens with zero attached hydrogens (tertiary/aromatic N) is 3. The Hall–Kier alpha value is -2.72. The summed E-state index contributed by atoms with van der Waals surface area (Å²) in [5, 5.41) is 0.378. The standard InChI is InChI=1S/C24H20ClN3O4S2/c1-14-6-4-10-27-20(14)26-21(32-18-9-3-2-8-17(18)25)16(22(27)29)12-19-23(30)28(24(33)34-19)13-15-7-5-11-31-15/h2-4,6,8-10,12,15H,5,7,11,13H2,1H3/b19-12+. The number of rotatable bonds is 5. The lowest BCUT2D eigenvalue weighted by molar-refractivity contribution is -0.123. The molecule has 10 heteroatoms. The summed E-state index contributed by atoms with van der Waals surface area (Å²) >= 11 is 12.9. The highest BCUT2D eigenvalue weighted by Crippen LogP contribution is 2.36. The molecule has 2 aliphatic heterocycles. The molecule has 0 saturated carbocycles. The molecule has 0 radical (unpaired) electrons. The molecule has 0 aliphatic carbocycles. The molecule has 1 aromatic carbocycles. The summed E-state index contributed by atoms with van der Waals surface area (Å²) in [5.41, 5.74) is 1.04. The van der Waals surface area contributed by atoms with E-state index in [1.807, 2.05) is 13.0 Å². The maximum atomic E-state index is 13.5. The van der Waals surface area contributed by atoms with Crippen LogP contribution >= 0.6 is 35.6 Å². The van der Waals surface area contributed by atoms with Crippen molar-refractivity contribution in [2.45, 2.75) is 25.9 Å². The maximum absolute atomic E-state index is 13.5. The van der Waals surface area contributed by atoms with Crippen molar-refractivity contribution in [3.05, 3.63) is 74.0 Å². The molecule has 1 unspecified atom stereocenters. The number of carbonyl (C=O) groups excluding carboxylic acids is 1. The number of carbonyl (C=O) groups is 1. The number of hydrogen-bond acceptors (Lipinski definition) is 7. The molecule has 0 spiro atoms. The monoisotopic (exact) mass is 513 g/mol. The lowest BCUT2D eigenvalue weighted by Crippen LogP contribution is -2.35. The van der Waals surface area contributed by atoms with E-state index >= 15 is 0 Å². The van der Waals surface area contributed by atoms with Crippen LogP contribution in [0.2, 0.25) is 5.02 Å². The second-order valence-corrected chi connectivity index (χ2v) is 10.1. The Morgan fingerprint density at radius 2 is 2.12 bits per heavy atom. The third kappa shape index (κ3) is 4.36. The number of ether oxygens (including phenoxy) is 2. The highest BCUT2D eigenvalue weighted by Gasteiger charge is 2.35. The van der Waals surface area contributed by atoms with E-state index in [-0.39, 0.29) is 29.0 Å². The van der Waals surface area contributed by atoms with Crippen LogP contribution in [-0.4, -0.2) is 43.8 Å². The van der Waals surface area contributed by atoms with Crippen molar-refractivity contribution in [1.82, 2.24) is 14.3 Å². The first-order valence-electron chi connectivity index (χ1n) is 10.7. The predicted molar refractivity (Wildman–Crippen MR) is 137 cm³/mol. The molecular formula is C24H20ClN3O4S2. The van der Waals surface area contributed by atoms with Crippen molar-refractivity contribution in [2.75, 3.05) is 13.2 Å². The summed E-state index contributed by atoms with van der Waals surface area (Å²) < 4.78 is 13.5. The molecule has 7 nitrogen and oxygen atoms in total. The van der Waals surface area contributed by atoms with Crippen LogP contribution in [0.5, 0.6) is 11.6 Å². The van der Waals surface area contributed by atoms with E-state index in [0.29, 0.717) is 38.8 Å². The van der Waals surface area contributed by atoms with E-state index in [1.165, 1.54) is 15.4 Å². The number of halogens is 1. The van der Waals surface area contributed by atoms with Crippen LogP contribution in [0.4, 0.5) is 0 Å². The predicted octanol–water partition coefficient (Wildman–Crippen LogP) is 4.83. The first-order chi connectivity index (χ1) is 16.4.